The van der Waals surface area contributed by atoms with Crippen LogP contribution in [-0.4, -0.2) is 87.9 Å². The molecule has 0 aliphatic carbocycles. The quantitative estimate of drug-likeness (QED) is 0.157. The summed E-state index contributed by atoms with van der Waals surface area (Å²) in [6.45, 7) is 0. The number of hydrogen-bond acceptors (Lipinski definition) is 8. The Morgan fingerprint density at radius 2 is 0.667 bits per heavy atom. The van der Waals surface area contributed by atoms with Gasteiger partial charge in [-0.3, -0.25) is 19.2 Å². The van der Waals surface area contributed by atoms with E-state index in [0.29, 0.717) is 0 Å². The summed E-state index contributed by atoms with van der Waals surface area (Å²) in [4.78, 5) is 61.0. The van der Waals surface area contributed by atoms with Crippen molar-refractivity contribution >= 4 is 35.8 Å². The first-order chi connectivity index (χ1) is 11.6. The molecule has 0 atom stereocenters. The van der Waals surface area contributed by atoms with Gasteiger partial charge in [-0.2, -0.15) is 0 Å². The maximum atomic E-state index is 10.3. The summed E-state index contributed by atoms with van der Waals surface area (Å²) in [7, 11) is 0. The van der Waals surface area contributed by atoms with Gasteiger partial charge in [-0.15, -0.1) is 0 Å². The van der Waals surface area contributed by atoms with Crippen molar-refractivity contribution in [2.45, 2.75) is 36.9 Å². The van der Waals surface area contributed by atoms with Gasteiger partial charge in [-0.25, -0.2) is 9.59 Å². The molecule has 0 aliphatic rings. The van der Waals surface area contributed by atoms with Crippen LogP contribution in [0.2, 0.25) is 0 Å². The normalized spacial score (nSPS) is 10.4. The number of carboxylic acid groups (broad SMARTS) is 6. The summed E-state index contributed by atoms with van der Waals surface area (Å²) in [5, 5.41) is 67.6. The smallest absolute Gasteiger partial charge is 1.00 e. The molecule has 0 spiro atoms. The number of aliphatic carboxylic acids is 6. The van der Waals surface area contributed by atoms with E-state index in [-0.39, 0.29) is 31.0 Å². The van der Waals surface area contributed by atoms with E-state index in [4.69, 9.17) is 40.9 Å². The largest absolute Gasteiger partial charge is 1.00 e. The van der Waals surface area contributed by atoms with Gasteiger partial charge < -0.3 is 42.3 Å². The van der Waals surface area contributed by atoms with Gasteiger partial charge in [0.05, 0.1) is 25.7 Å². The first kappa shape index (κ1) is 29.5. The molecule has 15 heteroatoms. The van der Waals surface area contributed by atoms with Crippen LogP contribution in [0.1, 0.15) is 27.1 Å². The fourth-order valence-electron chi connectivity index (χ4n) is 1.43. The fourth-order valence-corrected chi connectivity index (χ4v) is 1.43. The van der Waals surface area contributed by atoms with Crippen LogP contribution in [-0.2, 0) is 28.8 Å². The number of aliphatic hydroxyl groups is 2. The molecule has 0 aromatic rings. The minimum Gasteiger partial charge on any atom is -1.00 e. The third-order valence-corrected chi connectivity index (χ3v) is 2.57. The number of hydrogen-bond donors (Lipinski definition) is 8. The summed E-state index contributed by atoms with van der Waals surface area (Å²) in [5.74, 6) is -10.0. The van der Waals surface area contributed by atoms with Crippen LogP contribution in [0.15, 0.2) is 0 Å². The standard InChI is InChI=1S/2C6H8O7.Na.H/c2*7-3(8)1-6(13,5(11)12)2-4(9)10;;/h2*13H,1-2H2,(H,7,8)(H,9,10)(H,11,12);;/q;;+1;-1. The Kier molecular flexibility index (Phi) is 13.3. The predicted molar refractivity (Wildman–Crippen MR) is 75.3 cm³/mol. The molecule has 0 rings (SSSR count). The van der Waals surface area contributed by atoms with E-state index in [2.05, 4.69) is 0 Å². The molecule has 0 amide bonds. The maximum absolute atomic E-state index is 10.3. The molecule has 0 aromatic heterocycles. The second-order valence-corrected chi connectivity index (χ2v) is 4.96. The summed E-state index contributed by atoms with van der Waals surface area (Å²) >= 11 is 0. The second-order valence-electron chi connectivity index (χ2n) is 4.96. The minimum atomic E-state index is -2.74. The van der Waals surface area contributed by atoms with E-state index in [1.54, 1.807) is 0 Å². The molecule has 0 unspecified atom stereocenters. The molecule has 0 saturated carbocycles. The first-order valence-corrected chi connectivity index (χ1v) is 6.34. The summed E-state index contributed by atoms with van der Waals surface area (Å²) in [6, 6.07) is 0. The SMILES string of the molecule is O=C(O)CC(O)(CC(=O)O)C(=O)O.O=C(O)CC(O)(CC(=O)O)C(=O)O.[H-].[Na+]. The molecule has 14 nitrogen and oxygen atoms in total. The van der Waals surface area contributed by atoms with Crippen LogP contribution in [0.3, 0.4) is 0 Å². The van der Waals surface area contributed by atoms with E-state index in [9.17, 15) is 28.8 Å². The van der Waals surface area contributed by atoms with Crippen LogP contribution in [0, 0.1) is 0 Å². The number of rotatable bonds is 10. The summed E-state index contributed by atoms with van der Waals surface area (Å²) in [5.41, 5.74) is -5.48. The third-order valence-electron chi connectivity index (χ3n) is 2.57. The van der Waals surface area contributed by atoms with Gasteiger partial charge in [0.15, 0.2) is 11.2 Å². The van der Waals surface area contributed by atoms with Crippen molar-refractivity contribution in [1.29, 1.82) is 0 Å². The van der Waals surface area contributed by atoms with Crippen molar-refractivity contribution in [1.82, 2.24) is 0 Å². The molecule has 0 radical (unpaired) electrons. The van der Waals surface area contributed by atoms with Crippen molar-refractivity contribution in [3.63, 3.8) is 0 Å². The topological polar surface area (TPSA) is 264 Å². The van der Waals surface area contributed by atoms with Gasteiger partial charge in [0.1, 0.15) is 0 Å². The van der Waals surface area contributed by atoms with Gasteiger partial charge in [0, 0.05) is 0 Å². The van der Waals surface area contributed by atoms with Gasteiger partial charge in [0.2, 0.25) is 0 Å². The molecule has 0 saturated heterocycles. The fraction of sp³-hybridized carbons (Fsp3) is 0.500. The van der Waals surface area contributed by atoms with Crippen LogP contribution in [0.5, 0.6) is 0 Å². The molecule has 8 N–H and O–H groups in total. The van der Waals surface area contributed by atoms with Crippen LogP contribution in [0.25, 0.3) is 0 Å². The van der Waals surface area contributed by atoms with Gasteiger partial charge in [-0.1, -0.05) is 0 Å². The molecule has 150 valence electrons. The molecule has 0 aromatic carbocycles. The van der Waals surface area contributed by atoms with Crippen molar-refractivity contribution in [2.75, 3.05) is 0 Å². The Bertz CT molecular complexity index is 519. The summed E-state index contributed by atoms with van der Waals surface area (Å²) in [6.07, 6.45) is -4.58. The van der Waals surface area contributed by atoms with E-state index < -0.39 is 72.7 Å². The van der Waals surface area contributed by atoms with Crippen molar-refractivity contribution < 1.29 is 101 Å². The molecular formula is C12H17NaO14. The summed E-state index contributed by atoms with van der Waals surface area (Å²) < 4.78 is 0. The molecular weight excluding hydrogens is 391 g/mol. The second kappa shape index (κ2) is 12.2. The average molecular weight is 408 g/mol. The Balaban J connectivity index is -0.000000192. The maximum Gasteiger partial charge on any atom is 1.00 e. The average Bonchev–Trinajstić information content (AvgIpc) is 2.34. The van der Waals surface area contributed by atoms with Crippen molar-refractivity contribution in [3.8, 4) is 0 Å². The zero-order chi connectivity index (χ0) is 21.3. The third kappa shape index (κ3) is 12.7. The Labute approximate surface area is 173 Å². The zero-order valence-electron chi connectivity index (χ0n) is 14.9. The van der Waals surface area contributed by atoms with Gasteiger partial charge in [0.25, 0.3) is 0 Å². The van der Waals surface area contributed by atoms with E-state index in [1.807, 2.05) is 0 Å². The monoisotopic (exact) mass is 408 g/mol. The predicted octanol–water partition coefficient (Wildman–Crippen LogP) is -5.38. The van der Waals surface area contributed by atoms with Gasteiger partial charge in [-0.05, 0) is 0 Å². The minimum absolute atomic E-state index is 0. The van der Waals surface area contributed by atoms with E-state index in [0.717, 1.165) is 0 Å². The number of carbonyl (C=O) groups is 6. The van der Waals surface area contributed by atoms with Crippen molar-refractivity contribution in [2.24, 2.45) is 0 Å². The Morgan fingerprint density at radius 3 is 0.741 bits per heavy atom. The van der Waals surface area contributed by atoms with Crippen LogP contribution >= 0.6 is 0 Å². The molecule has 27 heavy (non-hydrogen) atoms. The Hall–Kier alpha value is -2.26. The van der Waals surface area contributed by atoms with E-state index in [1.165, 1.54) is 0 Å². The number of carboxylic acids is 6. The molecule has 0 heterocycles. The first-order valence-electron chi connectivity index (χ1n) is 6.34. The van der Waals surface area contributed by atoms with Crippen molar-refractivity contribution in [3.05, 3.63) is 0 Å². The Morgan fingerprint density at radius 1 is 0.519 bits per heavy atom. The van der Waals surface area contributed by atoms with E-state index >= 15 is 0 Å². The van der Waals surface area contributed by atoms with Crippen LogP contribution in [0.4, 0.5) is 0 Å². The molecule has 0 aliphatic heterocycles. The van der Waals surface area contributed by atoms with Gasteiger partial charge >= 0.3 is 65.4 Å². The zero-order valence-corrected chi connectivity index (χ0v) is 15.9. The van der Waals surface area contributed by atoms with Crippen LogP contribution < -0.4 is 29.6 Å². The molecule has 0 fully saturated rings. The molecule has 0 bridgehead atoms.